The van der Waals surface area contributed by atoms with E-state index in [0.29, 0.717) is 0 Å². The minimum atomic E-state index is -0.792. The molecule has 0 fully saturated rings. The van der Waals surface area contributed by atoms with Crippen molar-refractivity contribution in [2.45, 2.75) is 25.8 Å². The molecule has 0 aliphatic rings. The van der Waals surface area contributed by atoms with E-state index in [4.69, 9.17) is 5.11 Å². The van der Waals surface area contributed by atoms with Crippen molar-refractivity contribution in [1.29, 1.82) is 0 Å². The van der Waals surface area contributed by atoms with Gasteiger partial charge < -0.3 is 10.0 Å². The van der Waals surface area contributed by atoms with E-state index in [1.807, 2.05) is 35.2 Å². The lowest BCUT2D eigenvalue weighted by Gasteiger charge is -2.28. The summed E-state index contributed by atoms with van der Waals surface area (Å²) in [6.45, 7) is 2.47. The number of nitrogens with zero attached hydrogens (tertiary/aromatic N) is 1. The second kappa shape index (κ2) is 7.22. The molecular weight excluding hydrogens is 234 g/mol. The molecule has 0 unspecified atom stereocenters. The van der Waals surface area contributed by atoms with Crippen LogP contribution in [0.2, 0.25) is 0 Å². The van der Waals surface area contributed by atoms with Gasteiger partial charge >= 0.3 is 5.97 Å². The predicted octanol–water partition coefficient (Wildman–Crippen LogP) is 2.68. The molecule has 4 heteroatoms. The van der Waals surface area contributed by atoms with E-state index in [1.165, 1.54) is 0 Å². The smallest absolute Gasteiger partial charge is 0.326 e. The zero-order valence-electron chi connectivity index (χ0n) is 10.0. The Labute approximate surface area is 108 Å². The number of hydrogen-bond acceptors (Lipinski definition) is 3. The zero-order chi connectivity index (χ0) is 12.7. The topological polar surface area (TPSA) is 40.5 Å². The Balaban J connectivity index is 2.75. The maximum atomic E-state index is 11.1. The van der Waals surface area contributed by atoms with Crippen molar-refractivity contribution in [3.05, 3.63) is 30.3 Å². The number of carboxylic acids is 1. The number of thiol groups is 1. The molecule has 0 aliphatic carbocycles. The first kappa shape index (κ1) is 13.9. The fourth-order valence-electron chi connectivity index (χ4n) is 1.69. The normalized spacial score (nSPS) is 12.1. The van der Waals surface area contributed by atoms with Crippen LogP contribution < -0.4 is 4.90 Å². The highest BCUT2D eigenvalue weighted by atomic mass is 32.1. The molecule has 0 radical (unpaired) electrons. The number of para-hydroxylation sites is 1. The number of benzene rings is 1. The van der Waals surface area contributed by atoms with Crippen molar-refractivity contribution in [2.75, 3.05) is 17.2 Å². The van der Waals surface area contributed by atoms with Gasteiger partial charge in [0.2, 0.25) is 0 Å². The molecule has 1 aromatic carbocycles. The van der Waals surface area contributed by atoms with Crippen LogP contribution in [0.5, 0.6) is 0 Å². The number of anilines is 1. The van der Waals surface area contributed by atoms with E-state index in [0.717, 1.165) is 30.8 Å². The Morgan fingerprint density at radius 2 is 2.00 bits per heavy atom. The molecule has 17 heavy (non-hydrogen) atoms. The lowest BCUT2D eigenvalue weighted by molar-refractivity contribution is -0.138. The van der Waals surface area contributed by atoms with Crippen molar-refractivity contribution in [1.82, 2.24) is 0 Å². The zero-order valence-corrected chi connectivity index (χ0v) is 10.9. The molecule has 0 heterocycles. The van der Waals surface area contributed by atoms with Gasteiger partial charge in [-0.2, -0.15) is 12.6 Å². The molecule has 0 amide bonds. The van der Waals surface area contributed by atoms with E-state index in [2.05, 4.69) is 12.6 Å². The van der Waals surface area contributed by atoms with Crippen LogP contribution in [-0.4, -0.2) is 29.4 Å². The minimum Gasteiger partial charge on any atom is -0.480 e. The van der Waals surface area contributed by atoms with Crippen LogP contribution in [0.25, 0.3) is 0 Å². The number of carboxylic acid groups (broad SMARTS) is 1. The molecule has 1 N–H and O–H groups in total. The maximum absolute atomic E-state index is 11.1. The van der Waals surface area contributed by atoms with Gasteiger partial charge in [-0.1, -0.05) is 18.2 Å². The summed E-state index contributed by atoms with van der Waals surface area (Å²) >= 11 is 4.17. The highest BCUT2D eigenvalue weighted by molar-refractivity contribution is 7.80. The van der Waals surface area contributed by atoms with Gasteiger partial charge in [-0.05, 0) is 37.7 Å². The predicted molar refractivity (Wildman–Crippen MR) is 74.0 cm³/mol. The highest BCUT2D eigenvalue weighted by Gasteiger charge is 2.20. The monoisotopic (exact) mass is 253 g/mol. The van der Waals surface area contributed by atoms with Gasteiger partial charge in [0, 0.05) is 12.2 Å². The van der Waals surface area contributed by atoms with Crippen molar-refractivity contribution < 1.29 is 9.90 Å². The number of carbonyl (C=O) groups is 1. The van der Waals surface area contributed by atoms with Crippen molar-refractivity contribution in [2.24, 2.45) is 0 Å². The number of rotatable bonds is 7. The second-order valence-electron chi connectivity index (χ2n) is 3.97. The third kappa shape index (κ3) is 4.30. The summed E-state index contributed by atoms with van der Waals surface area (Å²) in [4.78, 5) is 13.0. The Morgan fingerprint density at radius 1 is 1.35 bits per heavy atom. The second-order valence-corrected chi connectivity index (χ2v) is 4.42. The molecule has 1 aromatic rings. The van der Waals surface area contributed by atoms with Crippen LogP contribution in [0.15, 0.2) is 30.3 Å². The standard InChI is InChI=1S/C13H19NO2S/c1-11(13(15)16)14(9-5-6-10-17)12-7-3-2-4-8-12/h2-4,7-8,11,17H,5-6,9-10H2,1H3,(H,15,16)/t11-/m0/s1. The number of aliphatic carboxylic acids is 1. The maximum Gasteiger partial charge on any atom is 0.326 e. The van der Waals surface area contributed by atoms with Gasteiger partial charge in [-0.15, -0.1) is 0 Å². The Bertz CT molecular complexity index is 343. The van der Waals surface area contributed by atoms with Crippen LogP contribution in [0.1, 0.15) is 19.8 Å². The lowest BCUT2D eigenvalue weighted by atomic mass is 10.2. The van der Waals surface area contributed by atoms with Gasteiger partial charge in [0.15, 0.2) is 0 Å². The molecule has 0 saturated carbocycles. The Kier molecular flexibility index (Phi) is 5.91. The first-order valence-electron chi connectivity index (χ1n) is 5.82. The summed E-state index contributed by atoms with van der Waals surface area (Å²) in [5, 5.41) is 9.11. The van der Waals surface area contributed by atoms with Crippen LogP contribution >= 0.6 is 12.6 Å². The van der Waals surface area contributed by atoms with E-state index >= 15 is 0 Å². The van der Waals surface area contributed by atoms with Gasteiger partial charge in [-0.3, -0.25) is 0 Å². The molecule has 0 aromatic heterocycles. The van der Waals surface area contributed by atoms with Crippen molar-refractivity contribution >= 4 is 24.3 Å². The van der Waals surface area contributed by atoms with Crippen LogP contribution in [0.3, 0.4) is 0 Å². The number of hydrogen-bond donors (Lipinski definition) is 2. The van der Waals surface area contributed by atoms with Gasteiger partial charge in [-0.25, -0.2) is 4.79 Å². The fraction of sp³-hybridized carbons (Fsp3) is 0.462. The largest absolute Gasteiger partial charge is 0.480 e. The quantitative estimate of drug-likeness (QED) is 0.580. The van der Waals surface area contributed by atoms with Gasteiger partial charge in [0.25, 0.3) is 0 Å². The summed E-state index contributed by atoms with van der Waals surface area (Å²) in [6, 6.07) is 9.17. The summed E-state index contributed by atoms with van der Waals surface area (Å²) in [5.74, 6) is 0.0455. The molecule has 0 aliphatic heterocycles. The highest BCUT2D eigenvalue weighted by Crippen LogP contribution is 2.17. The lowest BCUT2D eigenvalue weighted by Crippen LogP contribution is -2.39. The molecule has 3 nitrogen and oxygen atoms in total. The third-order valence-corrected chi connectivity index (χ3v) is 3.04. The van der Waals surface area contributed by atoms with Crippen molar-refractivity contribution in [3.8, 4) is 0 Å². The van der Waals surface area contributed by atoms with E-state index in [1.54, 1.807) is 6.92 Å². The summed E-state index contributed by atoms with van der Waals surface area (Å²) < 4.78 is 0. The summed E-state index contributed by atoms with van der Waals surface area (Å²) in [5.41, 5.74) is 0.960. The summed E-state index contributed by atoms with van der Waals surface area (Å²) in [7, 11) is 0. The average Bonchev–Trinajstić information content (AvgIpc) is 2.35. The third-order valence-electron chi connectivity index (χ3n) is 2.72. The van der Waals surface area contributed by atoms with E-state index in [9.17, 15) is 4.79 Å². The molecule has 0 bridgehead atoms. The van der Waals surface area contributed by atoms with Crippen LogP contribution in [0, 0.1) is 0 Å². The average molecular weight is 253 g/mol. The fourth-order valence-corrected chi connectivity index (χ4v) is 1.92. The first-order chi connectivity index (χ1) is 8.16. The SMILES string of the molecule is C[C@@H](C(=O)O)N(CCCCS)c1ccccc1. The molecule has 94 valence electrons. The molecule has 1 atom stereocenters. The van der Waals surface area contributed by atoms with E-state index < -0.39 is 12.0 Å². The molecule has 1 rings (SSSR count). The van der Waals surface area contributed by atoms with E-state index in [-0.39, 0.29) is 0 Å². The molecule has 0 saturated heterocycles. The molecule has 0 spiro atoms. The Hall–Kier alpha value is -1.16. The van der Waals surface area contributed by atoms with Gasteiger partial charge in [0.05, 0.1) is 0 Å². The summed E-state index contributed by atoms with van der Waals surface area (Å²) in [6.07, 6.45) is 1.95. The minimum absolute atomic E-state index is 0.502. The number of unbranched alkanes of at least 4 members (excludes halogenated alkanes) is 1. The molecular formula is C13H19NO2S. The first-order valence-corrected chi connectivity index (χ1v) is 6.45. The van der Waals surface area contributed by atoms with Crippen LogP contribution in [0.4, 0.5) is 5.69 Å². The van der Waals surface area contributed by atoms with Crippen molar-refractivity contribution in [3.63, 3.8) is 0 Å². The Morgan fingerprint density at radius 3 is 2.53 bits per heavy atom. The van der Waals surface area contributed by atoms with Crippen LogP contribution in [-0.2, 0) is 4.79 Å². The van der Waals surface area contributed by atoms with Gasteiger partial charge in [0.1, 0.15) is 6.04 Å².